The maximum atomic E-state index is 13.5. The molecule has 0 radical (unpaired) electrons. The van der Waals surface area contributed by atoms with Crippen molar-refractivity contribution in [2.75, 3.05) is 10.6 Å². The molecule has 1 aliphatic heterocycles. The quantitative estimate of drug-likeness (QED) is 0.439. The van der Waals surface area contributed by atoms with E-state index >= 15 is 0 Å². The third-order valence-corrected chi connectivity index (χ3v) is 6.80. The van der Waals surface area contributed by atoms with Gasteiger partial charge in [0.05, 0.1) is 16.6 Å². The normalized spacial score (nSPS) is 16.8. The maximum Gasteiger partial charge on any atom is 0.412 e. The van der Waals surface area contributed by atoms with Crippen molar-refractivity contribution in [2.45, 2.75) is 36.5 Å². The number of carbonyl (C=O) groups is 2. The van der Waals surface area contributed by atoms with Crippen LogP contribution in [-0.4, -0.2) is 17.5 Å². The smallest absolute Gasteiger partial charge is 0.412 e. The molecule has 5 nitrogen and oxygen atoms in total. The first-order valence-electron chi connectivity index (χ1n) is 10.8. The van der Waals surface area contributed by atoms with Crippen LogP contribution in [0.3, 0.4) is 0 Å². The number of Topliss-reactive ketones (excluding diaryl/α,β-unsaturated/α-hetero) is 1. The Balaban J connectivity index is 1.57. The molecule has 6 heteroatoms. The molecule has 3 aromatic rings. The van der Waals surface area contributed by atoms with Crippen molar-refractivity contribution in [3.63, 3.8) is 0 Å². The maximum absolute atomic E-state index is 13.5. The first kappa shape index (κ1) is 21.3. The molecule has 1 aliphatic carbocycles. The van der Waals surface area contributed by atoms with Gasteiger partial charge in [-0.05, 0) is 50.6 Å². The van der Waals surface area contributed by atoms with Crippen molar-refractivity contribution >= 4 is 40.7 Å². The molecule has 0 saturated heterocycles. The van der Waals surface area contributed by atoms with E-state index in [0.29, 0.717) is 11.3 Å². The van der Waals surface area contributed by atoms with Gasteiger partial charge in [-0.1, -0.05) is 48.5 Å². The van der Waals surface area contributed by atoms with Crippen molar-refractivity contribution in [3.8, 4) is 0 Å². The number of anilines is 2. The second kappa shape index (κ2) is 8.12. The van der Waals surface area contributed by atoms with E-state index in [1.807, 2.05) is 87.5 Å². The van der Waals surface area contributed by atoms with Crippen LogP contribution in [0, 0.1) is 0 Å². The summed E-state index contributed by atoms with van der Waals surface area (Å²) in [7, 11) is 0. The second-order valence-electron chi connectivity index (χ2n) is 9.03. The number of amides is 1. The summed E-state index contributed by atoms with van der Waals surface area (Å²) in [6.45, 7) is 5.48. The van der Waals surface area contributed by atoms with Gasteiger partial charge in [0.1, 0.15) is 5.60 Å². The molecule has 166 valence electrons. The Morgan fingerprint density at radius 1 is 0.970 bits per heavy atom. The van der Waals surface area contributed by atoms with Gasteiger partial charge in [-0.2, -0.15) is 0 Å². The number of thioether (sulfide) groups is 1. The fraction of sp³-hybridized carbons (Fsp3) is 0.185. The van der Waals surface area contributed by atoms with Crippen LogP contribution in [0.25, 0.3) is 5.70 Å². The van der Waals surface area contributed by atoms with Crippen LogP contribution in [0.15, 0.2) is 83.3 Å². The Labute approximate surface area is 197 Å². The molecule has 0 fully saturated rings. The minimum absolute atomic E-state index is 0.0314. The van der Waals surface area contributed by atoms with Gasteiger partial charge >= 0.3 is 6.09 Å². The predicted octanol–water partition coefficient (Wildman–Crippen LogP) is 6.90. The summed E-state index contributed by atoms with van der Waals surface area (Å²) in [5.74, 6) is 0.0314. The van der Waals surface area contributed by atoms with Gasteiger partial charge in [0.2, 0.25) is 0 Å². The fourth-order valence-corrected chi connectivity index (χ4v) is 5.40. The number of ketones is 1. The number of para-hydroxylation sites is 1. The van der Waals surface area contributed by atoms with E-state index in [-0.39, 0.29) is 11.0 Å². The van der Waals surface area contributed by atoms with Crippen molar-refractivity contribution in [1.82, 2.24) is 0 Å². The van der Waals surface area contributed by atoms with Gasteiger partial charge in [0.25, 0.3) is 0 Å². The Bertz CT molecular complexity index is 1310. The predicted molar refractivity (Wildman–Crippen MR) is 133 cm³/mol. The van der Waals surface area contributed by atoms with Crippen LogP contribution in [0.1, 0.15) is 47.5 Å². The number of nitrogens with one attached hydrogen (secondary N) is 2. The zero-order chi connectivity index (χ0) is 23.2. The molecular weight excluding hydrogens is 432 g/mol. The van der Waals surface area contributed by atoms with E-state index in [9.17, 15) is 9.59 Å². The largest absolute Gasteiger partial charge is 0.444 e. The van der Waals surface area contributed by atoms with E-state index in [1.54, 1.807) is 11.8 Å². The molecule has 1 atom stereocenters. The zero-order valence-corrected chi connectivity index (χ0v) is 19.5. The van der Waals surface area contributed by atoms with Gasteiger partial charge in [-0.15, -0.1) is 11.8 Å². The van der Waals surface area contributed by atoms with Gasteiger partial charge in [-0.3, -0.25) is 10.1 Å². The van der Waals surface area contributed by atoms with Gasteiger partial charge < -0.3 is 10.1 Å². The topological polar surface area (TPSA) is 67.4 Å². The number of rotatable bonds is 2. The van der Waals surface area contributed by atoms with E-state index in [0.717, 1.165) is 33.0 Å². The number of hydrogen-bond acceptors (Lipinski definition) is 5. The van der Waals surface area contributed by atoms with Crippen LogP contribution in [0.2, 0.25) is 0 Å². The van der Waals surface area contributed by atoms with Gasteiger partial charge in [-0.25, -0.2) is 4.79 Å². The highest BCUT2D eigenvalue weighted by Gasteiger charge is 2.38. The lowest BCUT2D eigenvalue weighted by Gasteiger charge is -2.21. The summed E-state index contributed by atoms with van der Waals surface area (Å²) in [5.41, 5.74) is 5.15. The summed E-state index contributed by atoms with van der Waals surface area (Å²) in [5, 5.41) is 6.10. The summed E-state index contributed by atoms with van der Waals surface area (Å²) in [6, 6.07) is 23.4. The monoisotopic (exact) mass is 456 g/mol. The first-order valence-corrected chi connectivity index (χ1v) is 11.7. The Kier molecular flexibility index (Phi) is 5.25. The minimum atomic E-state index is -0.587. The van der Waals surface area contributed by atoms with E-state index < -0.39 is 11.7 Å². The summed E-state index contributed by atoms with van der Waals surface area (Å²) in [4.78, 5) is 26.9. The molecule has 1 heterocycles. The average Bonchev–Trinajstić information content (AvgIpc) is 2.93. The lowest BCUT2D eigenvalue weighted by Crippen LogP contribution is -2.27. The van der Waals surface area contributed by atoms with Crippen LogP contribution >= 0.6 is 11.8 Å². The first-order chi connectivity index (χ1) is 15.8. The molecule has 0 saturated carbocycles. The Morgan fingerprint density at radius 2 is 1.70 bits per heavy atom. The molecule has 5 rings (SSSR count). The SMILES string of the molecule is CC(C)(C)OC(=O)Nc1cccc(C2Sc3ccccc3NC3=C2C(=O)c2ccccc23)c1. The molecule has 2 N–H and O–H groups in total. The summed E-state index contributed by atoms with van der Waals surface area (Å²) in [6.07, 6.45) is -0.510. The number of carbonyl (C=O) groups excluding carboxylic acids is 2. The van der Waals surface area contributed by atoms with Crippen molar-refractivity contribution < 1.29 is 14.3 Å². The third kappa shape index (κ3) is 4.14. The molecule has 3 aromatic carbocycles. The average molecular weight is 457 g/mol. The van der Waals surface area contributed by atoms with Gasteiger partial charge in [0.15, 0.2) is 5.78 Å². The lowest BCUT2D eigenvalue weighted by molar-refractivity contribution is 0.0635. The van der Waals surface area contributed by atoms with E-state index in [1.165, 1.54) is 0 Å². The van der Waals surface area contributed by atoms with Crippen LogP contribution < -0.4 is 10.6 Å². The lowest BCUT2D eigenvalue weighted by atomic mass is 10.0. The van der Waals surface area contributed by atoms with Crippen molar-refractivity contribution in [1.29, 1.82) is 0 Å². The zero-order valence-electron chi connectivity index (χ0n) is 18.6. The van der Waals surface area contributed by atoms with E-state index in [4.69, 9.17) is 4.74 Å². The summed E-state index contributed by atoms with van der Waals surface area (Å²) >= 11 is 1.63. The molecule has 1 unspecified atom stereocenters. The van der Waals surface area contributed by atoms with Crippen molar-refractivity contribution in [3.05, 3.63) is 95.1 Å². The highest BCUT2D eigenvalue weighted by atomic mass is 32.2. The highest BCUT2D eigenvalue weighted by molar-refractivity contribution is 8.00. The molecule has 33 heavy (non-hydrogen) atoms. The van der Waals surface area contributed by atoms with E-state index in [2.05, 4.69) is 16.7 Å². The van der Waals surface area contributed by atoms with Crippen LogP contribution in [0.5, 0.6) is 0 Å². The molecular formula is C27H24N2O3S. The molecule has 2 aliphatic rings. The third-order valence-electron chi connectivity index (χ3n) is 5.44. The van der Waals surface area contributed by atoms with Gasteiger partial charge in [0, 0.05) is 27.3 Å². The highest BCUT2D eigenvalue weighted by Crippen LogP contribution is 2.52. The summed E-state index contributed by atoms with van der Waals surface area (Å²) < 4.78 is 5.39. The molecule has 0 spiro atoms. The number of benzene rings is 3. The number of fused-ring (bicyclic) bond motifs is 3. The standard InChI is InChI=1S/C27H24N2O3S/c1-27(2,3)32-26(31)28-17-10-8-9-16(15-17)25-22-23(18-11-4-5-12-19(18)24(22)30)29-20-13-6-7-14-21(20)33-25/h4-15,25,29H,1-3H3,(H,28,31). The molecule has 0 bridgehead atoms. The Morgan fingerprint density at radius 3 is 2.48 bits per heavy atom. The Hall–Kier alpha value is -3.51. The molecule has 0 aromatic heterocycles. The minimum Gasteiger partial charge on any atom is -0.444 e. The second-order valence-corrected chi connectivity index (χ2v) is 10.2. The van der Waals surface area contributed by atoms with Crippen LogP contribution in [-0.2, 0) is 4.74 Å². The fourth-order valence-electron chi connectivity index (χ4n) is 4.12. The number of ether oxygens (including phenoxy) is 1. The molecule has 1 amide bonds. The van der Waals surface area contributed by atoms with Crippen molar-refractivity contribution in [2.24, 2.45) is 0 Å². The number of hydrogen-bond donors (Lipinski definition) is 2. The van der Waals surface area contributed by atoms with Crippen LogP contribution in [0.4, 0.5) is 16.2 Å².